The van der Waals surface area contributed by atoms with E-state index in [0.29, 0.717) is 23.4 Å². The number of carbonyl (C=O) groups is 2. The van der Waals surface area contributed by atoms with Crippen molar-refractivity contribution < 1.29 is 14.3 Å². The fourth-order valence-electron chi connectivity index (χ4n) is 1.47. The number of anilines is 1. The summed E-state index contributed by atoms with van der Waals surface area (Å²) in [6.45, 7) is 0. The molecule has 0 bridgehead atoms. The van der Waals surface area contributed by atoms with E-state index in [1.165, 1.54) is 18.9 Å². The summed E-state index contributed by atoms with van der Waals surface area (Å²) in [5.41, 5.74) is 6.77. The molecule has 1 rings (SSSR count). The molecule has 0 saturated carbocycles. The second kappa shape index (κ2) is 9.00. The molecule has 1 aromatic rings. The molecular formula is C14H17N3O3S. The highest BCUT2D eigenvalue weighted by Gasteiger charge is 2.13. The first-order valence-corrected chi connectivity index (χ1v) is 7.43. The fourth-order valence-corrected chi connectivity index (χ4v) is 2.29. The smallest absolute Gasteiger partial charge is 0.322 e. The Morgan fingerprint density at radius 3 is 2.67 bits per heavy atom. The number of ether oxygens (including phenoxy) is 1. The molecule has 0 aliphatic rings. The Morgan fingerprint density at radius 2 is 2.10 bits per heavy atom. The van der Waals surface area contributed by atoms with Crippen LogP contribution in [0.15, 0.2) is 24.3 Å². The molecular weight excluding hydrogens is 290 g/mol. The third-order valence-corrected chi connectivity index (χ3v) is 3.60. The van der Waals surface area contributed by atoms with Gasteiger partial charge in [0.1, 0.15) is 6.04 Å². The lowest BCUT2D eigenvalue weighted by molar-refractivity contribution is -0.142. The van der Waals surface area contributed by atoms with E-state index in [1.54, 1.807) is 24.3 Å². The van der Waals surface area contributed by atoms with E-state index in [1.807, 2.05) is 6.07 Å². The highest BCUT2D eigenvalue weighted by Crippen LogP contribution is 2.10. The van der Waals surface area contributed by atoms with Crippen LogP contribution in [0.25, 0.3) is 0 Å². The largest absolute Gasteiger partial charge is 0.468 e. The van der Waals surface area contributed by atoms with Crippen molar-refractivity contribution >= 4 is 29.3 Å². The van der Waals surface area contributed by atoms with Crippen molar-refractivity contribution in [3.63, 3.8) is 0 Å². The molecule has 21 heavy (non-hydrogen) atoms. The van der Waals surface area contributed by atoms with Crippen LogP contribution in [0, 0.1) is 11.3 Å². The van der Waals surface area contributed by atoms with Crippen LogP contribution >= 0.6 is 11.8 Å². The molecule has 0 saturated heterocycles. The van der Waals surface area contributed by atoms with Crippen molar-refractivity contribution in [3.05, 3.63) is 29.8 Å². The van der Waals surface area contributed by atoms with Crippen LogP contribution in [0.1, 0.15) is 12.0 Å². The van der Waals surface area contributed by atoms with Crippen molar-refractivity contribution in [2.75, 3.05) is 23.9 Å². The Morgan fingerprint density at radius 1 is 1.43 bits per heavy atom. The van der Waals surface area contributed by atoms with Gasteiger partial charge in [-0.1, -0.05) is 0 Å². The van der Waals surface area contributed by atoms with Gasteiger partial charge in [0.2, 0.25) is 5.91 Å². The zero-order chi connectivity index (χ0) is 15.7. The molecule has 0 aliphatic heterocycles. The van der Waals surface area contributed by atoms with Gasteiger partial charge in [-0.3, -0.25) is 9.59 Å². The number of benzene rings is 1. The zero-order valence-corrected chi connectivity index (χ0v) is 12.5. The van der Waals surface area contributed by atoms with E-state index in [0.717, 1.165) is 0 Å². The van der Waals surface area contributed by atoms with Gasteiger partial charge in [0, 0.05) is 5.69 Å². The number of hydrogen-bond donors (Lipinski definition) is 2. The second-order valence-electron chi connectivity index (χ2n) is 4.21. The number of nitrogens with zero attached hydrogens (tertiary/aromatic N) is 1. The van der Waals surface area contributed by atoms with Crippen molar-refractivity contribution in [1.29, 1.82) is 5.26 Å². The lowest BCUT2D eigenvalue weighted by atomic mass is 10.2. The number of rotatable bonds is 7. The summed E-state index contributed by atoms with van der Waals surface area (Å²) in [6, 6.07) is 7.98. The van der Waals surface area contributed by atoms with Crippen LogP contribution in [0.4, 0.5) is 5.69 Å². The van der Waals surface area contributed by atoms with Gasteiger partial charge in [-0.25, -0.2) is 0 Å². The van der Waals surface area contributed by atoms with Gasteiger partial charge >= 0.3 is 5.97 Å². The molecule has 0 radical (unpaired) electrons. The number of thioether (sulfide) groups is 1. The molecule has 1 amide bonds. The van der Waals surface area contributed by atoms with E-state index in [4.69, 9.17) is 11.0 Å². The van der Waals surface area contributed by atoms with Crippen LogP contribution in [0.2, 0.25) is 0 Å². The third kappa shape index (κ3) is 6.29. The van der Waals surface area contributed by atoms with E-state index < -0.39 is 12.0 Å². The number of hydrogen-bond acceptors (Lipinski definition) is 6. The number of nitrogens with two attached hydrogens (primary N) is 1. The average Bonchev–Trinajstić information content (AvgIpc) is 2.51. The minimum Gasteiger partial charge on any atom is -0.468 e. The second-order valence-corrected chi connectivity index (χ2v) is 5.31. The van der Waals surface area contributed by atoms with Gasteiger partial charge in [-0.05, 0) is 36.4 Å². The monoisotopic (exact) mass is 307 g/mol. The molecule has 7 heteroatoms. The topological polar surface area (TPSA) is 105 Å². The van der Waals surface area contributed by atoms with Crippen LogP contribution < -0.4 is 11.1 Å². The molecule has 0 aliphatic carbocycles. The van der Waals surface area contributed by atoms with Gasteiger partial charge in [0.25, 0.3) is 0 Å². The molecule has 0 heterocycles. The van der Waals surface area contributed by atoms with Gasteiger partial charge < -0.3 is 15.8 Å². The molecule has 0 spiro atoms. The highest BCUT2D eigenvalue weighted by molar-refractivity contribution is 7.99. The summed E-state index contributed by atoms with van der Waals surface area (Å²) in [6.07, 6.45) is 0.460. The maximum Gasteiger partial charge on any atom is 0.322 e. The lowest BCUT2D eigenvalue weighted by Crippen LogP contribution is -2.32. The van der Waals surface area contributed by atoms with Crippen LogP contribution in [0.5, 0.6) is 0 Å². The molecule has 0 aromatic heterocycles. The predicted molar refractivity (Wildman–Crippen MR) is 81.7 cm³/mol. The Kier molecular flexibility index (Phi) is 7.29. The molecule has 1 unspecified atom stereocenters. The third-order valence-electron chi connectivity index (χ3n) is 2.61. The molecule has 3 N–H and O–H groups in total. The van der Waals surface area contributed by atoms with Crippen molar-refractivity contribution in [2.45, 2.75) is 12.5 Å². The van der Waals surface area contributed by atoms with E-state index in [-0.39, 0.29) is 11.7 Å². The Bertz CT molecular complexity index is 525. The first-order valence-electron chi connectivity index (χ1n) is 6.28. The van der Waals surface area contributed by atoms with Crippen molar-refractivity contribution in [1.82, 2.24) is 0 Å². The normalized spacial score (nSPS) is 11.3. The van der Waals surface area contributed by atoms with E-state index in [2.05, 4.69) is 10.1 Å². The summed E-state index contributed by atoms with van der Waals surface area (Å²) < 4.78 is 4.51. The molecule has 112 valence electrons. The summed E-state index contributed by atoms with van der Waals surface area (Å²) in [5, 5.41) is 11.4. The fraction of sp³-hybridized carbons (Fsp3) is 0.357. The number of esters is 1. The molecule has 1 aromatic carbocycles. The Balaban J connectivity index is 2.25. The molecule has 1 atom stereocenters. The van der Waals surface area contributed by atoms with Gasteiger partial charge in [0.05, 0.1) is 24.5 Å². The summed E-state index contributed by atoms with van der Waals surface area (Å²) >= 11 is 1.39. The van der Waals surface area contributed by atoms with E-state index in [9.17, 15) is 9.59 Å². The predicted octanol–water partition coefficient (Wildman–Crippen LogP) is 1.12. The standard InChI is InChI=1S/C14H17N3O3S/c1-20-14(19)12(16)6-7-21-9-13(18)17-11-4-2-10(8-15)3-5-11/h2-5,12H,6-7,9,16H2,1H3,(H,17,18). The number of amides is 1. The van der Waals surface area contributed by atoms with Crippen molar-refractivity contribution in [3.8, 4) is 6.07 Å². The number of methoxy groups -OCH3 is 1. The maximum absolute atomic E-state index is 11.7. The van der Waals surface area contributed by atoms with Gasteiger partial charge in [-0.2, -0.15) is 17.0 Å². The number of nitrogens with one attached hydrogen (secondary N) is 1. The summed E-state index contributed by atoms with van der Waals surface area (Å²) in [4.78, 5) is 22.8. The van der Waals surface area contributed by atoms with Gasteiger partial charge in [-0.15, -0.1) is 0 Å². The SMILES string of the molecule is COC(=O)C(N)CCSCC(=O)Nc1ccc(C#N)cc1. The molecule has 0 fully saturated rings. The first-order chi connectivity index (χ1) is 10.1. The Hall–Kier alpha value is -2.04. The highest BCUT2D eigenvalue weighted by atomic mass is 32.2. The van der Waals surface area contributed by atoms with Gasteiger partial charge in [0.15, 0.2) is 0 Å². The Labute approximate surface area is 127 Å². The average molecular weight is 307 g/mol. The van der Waals surface area contributed by atoms with Crippen LogP contribution in [0.3, 0.4) is 0 Å². The number of carbonyl (C=O) groups excluding carboxylic acids is 2. The number of nitriles is 1. The minimum absolute atomic E-state index is 0.142. The van der Waals surface area contributed by atoms with Crippen molar-refractivity contribution in [2.24, 2.45) is 5.73 Å². The van der Waals surface area contributed by atoms with Crippen LogP contribution in [-0.4, -0.2) is 36.5 Å². The zero-order valence-electron chi connectivity index (χ0n) is 11.7. The quantitative estimate of drug-likeness (QED) is 0.577. The molecule has 6 nitrogen and oxygen atoms in total. The summed E-state index contributed by atoms with van der Waals surface area (Å²) in [7, 11) is 1.29. The minimum atomic E-state index is -0.649. The van der Waals surface area contributed by atoms with Crippen LogP contribution in [-0.2, 0) is 14.3 Å². The maximum atomic E-state index is 11.7. The first kappa shape index (κ1) is 17.0. The lowest BCUT2D eigenvalue weighted by Gasteiger charge is -2.08. The summed E-state index contributed by atoms with van der Waals surface area (Å²) in [5.74, 6) is 0.277. The van der Waals surface area contributed by atoms with E-state index >= 15 is 0 Å².